The van der Waals surface area contributed by atoms with Gasteiger partial charge in [0.15, 0.2) is 11.6 Å². The molecule has 0 unspecified atom stereocenters. The van der Waals surface area contributed by atoms with E-state index in [2.05, 4.69) is 20.8 Å². The van der Waals surface area contributed by atoms with Gasteiger partial charge in [0, 0.05) is 6.42 Å². The number of hydrogen-bond donors (Lipinski definition) is 2. The van der Waals surface area contributed by atoms with E-state index in [-0.39, 0.29) is 5.91 Å². The number of halogens is 1. The highest BCUT2D eigenvalue weighted by Crippen LogP contribution is 2.23. The van der Waals surface area contributed by atoms with Crippen molar-refractivity contribution in [3.8, 4) is 0 Å². The van der Waals surface area contributed by atoms with Crippen LogP contribution in [0.5, 0.6) is 0 Å². The summed E-state index contributed by atoms with van der Waals surface area (Å²) in [5, 5.41) is 14.4. The zero-order valence-electron chi connectivity index (χ0n) is 11.9. The molecule has 0 bridgehead atoms. The summed E-state index contributed by atoms with van der Waals surface area (Å²) in [6, 6.07) is 10.8. The Morgan fingerprint density at radius 1 is 1.14 bits per heavy atom. The maximum Gasteiger partial charge on any atom is 0.225 e. The van der Waals surface area contributed by atoms with E-state index in [0.29, 0.717) is 29.0 Å². The minimum absolute atomic E-state index is 0.0638. The molecule has 0 fully saturated rings. The molecule has 5 nitrogen and oxygen atoms in total. The first-order chi connectivity index (χ1) is 10.0. The van der Waals surface area contributed by atoms with Crippen molar-refractivity contribution < 1.29 is 4.79 Å². The molecule has 2 aromatic rings. The van der Waals surface area contributed by atoms with Crippen molar-refractivity contribution in [3.05, 3.63) is 41.4 Å². The lowest BCUT2D eigenvalue weighted by Crippen LogP contribution is -2.15. The van der Waals surface area contributed by atoms with Crippen LogP contribution in [0.1, 0.15) is 20.3 Å². The fourth-order valence-electron chi connectivity index (χ4n) is 1.73. The second-order valence-corrected chi connectivity index (χ2v) is 5.46. The lowest BCUT2D eigenvalue weighted by Gasteiger charge is -2.08. The minimum atomic E-state index is -0.0638. The number of nitrogens with one attached hydrogen (secondary N) is 2. The predicted molar refractivity (Wildman–Crippen MR) is 84.9 cm³/mol. The van der Waals surface area contributed by atoms with Crippen LogP contribution in [0.15, 0.2) is 36.4 Å². The molecule has 1 aromatic carbocycles. The number of benzene rings is 1. The molecule has 6 heteroatoms. The first kappa shape index (κ1) is 15.3. The highest BCUT2D eigenvalue weighted by molar-refractivity contribution is 6.33. The van der Waals surface area contributed by atoms with Gasteiger partial charge in [-0.25, -0.2) is 0 Å². The second-order valence-electron chi connectivity index (χ2n) is 5.05. The molecular formula is C15H17ClN4O. The average molecular weight is 305 g/mol. The van der Waals surface area contributed by atoms with Crippen LogP contribution in [-0.4, -0.2) is 16.1 Å². The lowest BCUT2D eigenvalue weighted by molar-refractivity contribution is -0.116. The summed E-state index contributed by atoms with van der Waals surface area (Å²) in [4.78, 5) is 11.6. The molecule has 1 heterocycles. The van der Waals surface area contributed by atoms with Crippen molar-refractivity contribution >= 4 is 34.8 Å². The summed E-state index contributed by atoms with van der Waals surface area (Å²) in [5.41, 5.74) is 0.755. The van der Waals surface area contributed by atoms with Crippen LogP contribution in [-0.2, 0) is 4.79 Å². The quantitative estimate of drug-likeness (QED) is 0.880. The first-order valence-electron chi connectivity index (χ1n) is 6.69. The fourth-order valence-corrected chi connectivity index (χ4v) is 1.91. The summed E-state index contributed by atoms with van der Waals surface area (Å²) in [5.74, 6) is 1.24. The standard InChI is InChI=1S/C15H17ClN4O/c1-10(2)9-15(21)18-14-8-7-13(19-20-14)17-12-6-4-3-5-11(12)16/h3-8,10H,9H2,1-2H3,(H,17,19)(H,18,20,21). The largest absolute Gasteiger partial charge is 0.338 e. The number of hydrogen-bond acceptors (Lipinski definition) is 4. The van der Waals surface area contributed by atoms with Gasteiger partial charge >= 0.3 is 0 Å². The smallest absolute Gasteiger partial charge is 0.225 e. The van der Waals surface area contributed by atoms with Crippen LogP contribution >= 0.6 is 11.6 Å². The number of carbonyl (C=O) groups excluding carboxylic acids is 1. The zero-order chi connectivity index (χ0) is 15.2. The topological polar surface area (TPSA) is 66.9 Å². The highest BCUT2D eigenvalue weighted by Gasteiger charge is 2.07. The molecule has 1 aromatic heterocycles. The van der Waals surface area contributed by atoms with E-state index in [1.165, 1.54) is 0 Å². The first-order valence-corrected chi connectivity index (χ1v) is 7.07. The van der Waals surface area contributed by atoms with Crippen molar-refractivity contribution in [2.45, 2.75) is 20.3 Å². The second kappa shape index (κ2) is 7.04. The van der Waals surface area contributed by atoms with Gasteiger partial charge in [0.2, 0.25) is 5.91 Å². The van der Waals surface area contributed by atoms with E-state index >= 15 is 0 Å². The van der Waals surface area contributed by atoms with Gasteiger partial charge in [-0.1, -0.05) is 37.6 Å². The highest BCUT2D eigenvalue weighted by atomic mass is 35.5. The third kappa shape index (κ3) is 4.72. The summed E-state index contributed by atoms with van der Waals surface area (Å²) in [6.45, 7) is 3.98. The fraction of sp³-hybridized carbons (Fsp3) is 0.267. The van der Waals surface area contributed by atoms with Gasteiger partial charge in [-0.15, -0.1) is 10.2 Å². The van der Waals surface area contributed by atoms with Gasteiger partial charge in [-0.2, -0.15) is 0 Å². The Morgan fingerprint density at radius 2 is 1.81 bits per heavy atom. The summed E-state index contributed by atoms with van der Waals surface area (Å²) < 4.78 is 0. The molecule has 0 aliphatic rings. The molecule has 0 saturated heterocycles. The Labute approximate surface area is 128 Å². The average Bonchev–Trinajstić information content (AvgIpc) is 2.42. The Morgan fingerprint density at radius 3 is 2.43 bits per heavy atom. The van der Waals surface area contributed by atoms with Crippen molar-refractivity contribution in [2.75, 3.05) is 10.6 Å². The van der Waals surface area contributed by atoms with Crippen LogP contribution < -0.4 is 10.6 Å². The molecule has 0 aliphatic heterocycles. The summed E-state index contributed by atoms with van der Waals surface area (Å²) in [7, 11) is 0. The minimum Gasteiger partial charge on any atom is -0.338 e. The van der Waals surface area contributed by atoms with E-state index in [9.17, 15) is 4.79 Å². The van der Waals surface area contributed by atoms with Crippen molar-refractivity contribution in [1.82, 2.24) is 10.2 Å². The van der Waals surface area contributed by atoms with Crippen LogP contribution in [0, 0.1) is 5.92 Å². The van der Waals surface area contributed by atoms with E-state index in [1.54, 1.807) is 18.2 Å². The van der Waals surface area contributed by atoms with Crippen molar-refractivity contribution in [2.24, 2.45) is 5.92 Å². The van der Waals surface area contributed by atoms with E-state index < -0.39 is 0 Å². The SMILES string of the molecule is CC(C)CC(=O)Nc1ccc(Nc2ccccc2Cl)nn1. The molecule has 1 amide bonds. The van der Waals surface area contributed by atoms with Crippen LogP contribution in [0.4, 0.5) is 17.3 Å². The summed E-state index contributed by atoms with van der Waals surface area (Å²) >= 11 is 6.05. The third-order valence-corrected chi connectivity index (χ3v) is 2.99. The molecule has 2 N–H and O–H groups in total. The zero-order valence-corrected chi connectivity index (χ0v) is 12.7. The summed E-state index contributed by atoms with van der Waals surface area (Å²) in [6.07, 6.45) is 0.460. The molecule has 0 aliphatic carbocycles. The lowest BCUT2D eigenvalue weighted by atomic mass is 10.1. The molecule has 2 rings (SSSR count). The van der Waals surface area contributed by atoms with Crippen molar-refractivity contribution in [3.63, 3.8) is 0 Å². The van der Waals surface area contributed by atoms with E-state index in [4.69, 9.17) is 11.6 Å². The van der Waals surface area contributed by atoms with Gasteiger partial charge in [-0.3, -0.25) is 4.79 Å². The van der Waals surface area contributed by atoms with Crippen molar-refractivity contribution in [1.29, 1.82) is 0 Å². The van der Waals surface area contributed by atoms with E-state index in [0.717, 1.165) is 5.69 Å². The predicted octanol–water partition coefficient (Wildman–Crippen LogP) is 3.86. The Balaban J connectivity index is 1.99. The van der Waals surface area contributed by atoms with Gasteiger partial charge in [0.1, 0.15) is 0 Å². The normalized spacial score (nSPS) is 10.5. The molecule has 0 radical (unpaired) electrons. The van der Waals surface area contributed by atoms with Crippen LogP contribution in [0.3, 0.4) is 0 Å². The number of nitrogens with zero attached hydrogens (tertiary/aromatic N) is 2. The molecular weight excluding hydrogens is 288 g/mol. The maximum atomic E-state index is 11.6. The van der Waals surface area contributed by atoms with Gasteiger partial charge in [0.05, 0.1) is 10.7 Å². The number of para-hydroxylation sites is 1. The number of carbonyl (C=O) groups is 1. The molecule has 0 spiro atoms. The van der Waals surface area contributed by atoms with Gasteiger partial charge in [-0.05, 0) is 30.2 Å². The maximum absolute atomic E-state index is 11.6. The molecule has 21 heavy (non-hydrogen) atoms. The van der Waals surface area contributed by atoms with Gasteiger partial charge < -0.3 is 10.6 Å². The monoisotopic (exact) mass is 304 g/mol. The number of amides is 1. The van der Waals surface area contributed by atoms with E-state index in [1.807, 2.05) is 32.0 Å². The number of aromatic nitrogens is 2. The number of anilines is 3. The number of rotatable bonds is 5. The molecule has 0 atom stereocenters. The Hall–Kier alpha value is -2.14. The Bertz CT molecular complexity index is 613. The Kier molecular flexibility index (Phi) is 5.11. The molecule has 110 valence electrons. The van der Waals surface area contributed by atoms with Gasteiger partial charge in [0.25, 0.3) is 0 Å². The van der Waals surface area contributed by atoms with Crippen LogP contribution in [0.2, 0.25) is 5.02 Å². The molecule has 0 saturated carbocycles. The third-order valence-electron chi connectivity index (χ3n) is 2.66. The van der Waals surface area contributed by atoms with Crippen LogP contribution in [0.25, 0.3) is 0 Å².